The molecule has 11 rings (SSSR count). The molecule has 0 spiro atoms. The molecule has 234 valence electrons. The van der Waals surface area contributed by atoms with E-state index in [-0.39, 0.29) is 6.04 Å². The lowest BCUT2D eigenvalue weighted by Gasteiger charge is -2.25. The summed E-state index contributed by atoms with van der Waals surface area (Å²) in [5.41, 5.74) is 9.30. The molecule has 1 N–H and O–H groups in total. The minimum absolute atomic E-state index is 0.0803. The van der Waals surface area contributed by atoms with Crippen molar-refractivity contribution in [3.8, 4) is 5.69 Å². The van der Waals surface area contributed by atoms with Gasteiger partial charge in [0, 0.05) is 38.4 Å². The lowest BCUT2D eigenvalue weighted by atomic mass is 9.97. The van der Waals surface area contributed by atoms with Gasteiger partial charge in [-0.15, -0.1) is 0 Å². The Morgan fingerprint density at radius 3 is 2.10 bits per heavy atom. The van der Waals surface area contributed by atoms with Crippen LogP contribution >= 0.6 is 7.92 Å². The molecule has 1 aromatic heterocycles. The van der Waals surface area contributed by atoms with Crippen molar-refractivity contribution in [2.75, 3.05) is 0 Å². The Hall–Kier alpha value is -6.02. The van der Waals surface area contributed by atoms with Crippen LogP contribution in [-0.2, 0) is 0 Å². The Bertz CT molecular complexity index is 2780. The maximum absolute atomic E-state index is 5.24. The first-order chi connectivity index (χ1) is 24.8. The van der Waals surface area contributed by atoms with Crippen LogP contribution in [0, 0.1) is 0 Å². The normalized spacial score (nSPS) is 16.0. The van der Waals surface area contributed by atoms with Crippen molar-refractivity contribution < 1.29 is 0 Å². The number of allylic oxidation sites excluding steroid dienone is 2. The third kappa shape index (κ3) is 3.99. The molecule has 0 amide bonds. The van der Waals surface area contributed by atoms with Gasteiger partial charge in [-0.2, -0.15) is 0 Å². The van der Waals surface area contributed by atoms with Gasteiger partial charge in [-0.05, 0) is 64.9 Å². The molecule has 0 bridgehead atoms. The molecule has 1 aliphatic heterocycles. The van der Waals surface area contributed by atoms with Gasteiger partial charge in [-0.3, -0.25) is 0 Å². The average molecular weight is 656 g/mol. The number of hydrogen-bond acceptors (Lipinski definition) is 2. The summed E-state index contributed by atoms with van der Waals surface area (Å²) in [4.78, 5) is 5.24. The molecule has 0 saturated heterocycles. The number of hydrogen-bond donors (Lipinski definition) is 1. The standard InChI is InChI=1S/C46H30N3P/c1-3-13-31(14-4-1)50(32-15-5-2-6-16-32)33-25-23-30(24-26-33)49-41-27-22-29-12-7-8-17-34(29)43(41)38-28-37-42-35(18-11-19-36(42)46(38)49)44-45(37)48-40-21-10-9-20-39(40)47-44/h1-28,40,48H. The van der Waals surface area contributed by atoms with Gasteiger partial charge < -0.3 is 9.88 Å². The highest BCUT2D eigenvalue weighted by Gasteiger charge is 2.33. The summed E-state index contributed by atoms with van der Waals surface area (Å²) < 4.78 is 2.50. The van der Waals surface area contributed by atoms with Gasteiger partial charge in [0.25, 0.3) is 0 Å². The third-order valence-corrected chi connectivity index (χ3v) is 12.9. The third-order valence-electron chi connectivity index (χ3n) is 10.5. The zero-order valence-electron chi connectivity index (χ0n) is 27.1. The molecule has 50 heavy (non-hydrogen) atoms. The Kier molecular flexibility index (Phi) is 5.99. The number of nitrogens with one attached hydrogen (secondary N) is 1. The minimum atomic E-state index is -0.695. The van der Waals surface area contributed by atoms with Gasteiger partial charge in [-0.1, -0.05) is 140 Å². The highest BCUT2D eigenvalue weighted by molar-refractivity contribution is 7.79. The van der Waals surface area contributed by atoms with Crippen LogP contribution in [0.5, 0.6) is 0 Å². The van der Waals surface area contributed by atoms with E-state index in [4.69, 9.17) is 4.99 Å². The summed E-state index contributed by atoms with van der Waals surface area (Å²) in [6, 6.07) is 53.9. The van der Waals surface area contributed by atoms with Crippen LogP contribution in [0.4, 0.5) is 0 Å². The van der Waals surface area contributed by atoms with E-state index in [1.165, 1.54) is 70.4 Å². The van der Waals surface area contributed by atoms with Crippen molar-refractivity contribution >= 4 is 84.3 Å². The monoisotopic (exact) mass is 655 g/mol. The minimum Gasteiger partial charge on any atom is -0.371 e. The lowest BCUT2D eigenvalue weighted by molar-refractivity contribution is 0.887. The number of nitrogens with zero attached hydrogens (tertiary/aromatic N) is 2. The van der Waals surface area contributed by atoms with Crippen molar-refractivity contribution in [1.29, 1.82) is 0 Å². The molecule has 7 aromatic carbocycles. The zero-order valence-corrected chi connectivity index (χ0v) is 28.0. The Morgan fingerprint density at radius 2 is 1.30 bits per heavy atom. The van der Waals surface area contributed by atoms with E-state index in [2.05, 4.69) is 180 Å². The van der Waals surface area contributed by atoms with Crippen LogP contribution in [0.3, 0.4) is 0 Å². The summed E-state index contributed by atoms with van der Waals surface area (Å²) in [5.74, 6) is 0. The van der Waals surface area contributed by atoms with Crippen molar-refractivity contribution in [3.63, 3.8) is 0 Å². The molecular formula is C46H30N3P. The second-order valence-electron chi connectivity index (χ2n) is 13.2. The molecule has 1 atom stereocenters. The first kappa shape index (κ1) is 27.9. The highest BCUT2D eigenvalue weighted by Crippen LogP contribution is 2.49. The number of benzene rings is 7. The maximum Gasteiger partial charge on any atom is 0.0950 e. The summed E-state index contributed by atoms with van der Waals surface area (Å²) in [6.45, 7) is 0. The molecule has 0 radical (unpaired) electrons. The second kappa shape index (κ2) is 10.7. The molecule has 0 fully saturated rings. The molecule has 3 aliphatic rings. The fourth-order valence-electron chi connectivity index (χ4n) is 8.34. The largest absolute Gasteiger partial charge is 0.371 e. The van der Waals surface area contributed by atoms with Gasteiger partial charge in [0.05, 0.1) is 34.2 Å². The molecule has 4 heteroatoms. The SMILES string of the molecule is C1=CC2=NC3=C(NC2C=C1)c1cc2c4c5ccccc5ccc4n(-c4ccc(P(c5ccccc5)c5ccccc5)cc4)c2c2cccc3c12. The van der Waals surface area contributed by atoms with Crippen molar-refractivity contribution in [2.45, 2.75) is 6.04 Å². The highest BCUT2D eigenvalue weighted by atomic mass is 31.1. The van der Waals surface area contributed by atoms with Crippen molar-refractivity contribution in [3.05, 3.63) is 181 Å². The van der Waals surface area contributed by atoms with Crippen LogP contribution in [0.1, 0.15) is 11.1 Å². The molecular weight excluding hydrogens is 626 g/mol. The summed E-state index contributed by atoms with van der Waals surface area (Å²) >= 11 is 0. The van der Waals surface area contributed by atoms with Crippen LogP contribution < -0.4 is 21.2 Å². The van der Waals surface area contributed by atoms with E-state index >= 15 is 0 Å². The summed E-state index contributed by atoms with van der Waals surface area (Å²) in [6.07, 6.45) is 8.51. The van der Waals surface area contributed by atoms with Gasteiger partial charge in [-0.25, -0.2) is 4.99 Å². The molecule has 3 nitrogen and oxygen atoms in total. The van der Waals surface area contributed by atoms with Gasteiger partial charge in [0.15, 0.2) is 0 Å². The molecule has 8 aromatic rings. The quantitative estimate of drug-likeness (QED) is 0.188. The van der Waals surface area contributed by atoms with Crippen LogP contribution in [-0.4, -0.2) is 16.3 Å². The first-order valence-corrected chi connectivity index (χ1v) is 18.5. The van der Waals surface area contributed by atoms with Gasteiger partial charge in [0.2, 0.25) is 0 Å². The van der Waals surface area contributed by atoms with E-state index in [0.717, 1.165) is 22.8 Å². The van der Waals surface area contributed by atoms with E-state index in [0.29, 0.717) is 0 Å². The summed E-state index contributed by atoms with van der Waals surface area (Å²) in [7, 11) is -0.695. The molecule has 0 saturated carbocycles. The fraction of sp³-hybridized carbons (Fsp3) is 0.0217. The molecule has 1 unspecified atom stereocenters. The second-order valence-corrected chi connectivity index (χ2v) is 15.4. The Morgan fingerprint density at radius 1 is 0.580 bits per heavy atom. The average Bonchev–Trinajstić information content (AvgIpc) is 3.69. The van der Waals surface area contributed by atoms with Gasteiger partial charge >= 0.3 is 0 Å². The van der Waals surface area contributed by atoms with E-state index in [9.17, 15) is 0 Å². The molecule has 2 heterocycles. The Balaban J connectivity index is 1.18. The zero-order chi connectivity index (χ0) is 32.8. The number of fused-ring (bicyclic) bond motifs is 9. The van der Waals surface area contributed by atoms with Gasteiger partial charge in [0.1, 0.15) is 0 Å². The fourth-order valence-corrected chi connectivity index (χ4v) is 10.6. The Labute approximate surface area is 291 Å². The van der Waals surface area contributed by atoms with Crippen molar-refractivity contribution in [1.82, 2.24) is 9.88 Å². The van der Waals surface area contributed by atoms with Crippen LogP contribution in [0.15, 0.2) is 175 Å². The molecule has 2 aliphatic carbocycles. The lowest BCUT2D eigenvalue weighted by Crippen LogP contribution is -2.36. The first-order valence-electron chi connectivity index (χ1n) is 17.2. The number of aliphatic imine (C=N–C) groups is 1. The predicted molar refractivity (Wildman–Crippen MR) is 214 cm³/mol. The number of aromatic nitrogens is 1. The van der Waals surface area contributed by atoms with Crippen LogP contribution in [0.25, 0.3) is 60.4 Å². The smallest absolute Gasteiger partial charge is 0.0950 e. The van der Waals surface area contributed by atoms with Crippen LogP contribution in [0.2, 0.25) is 0 Å². The number of rotatable bonds is 4. The van der Waals surface area contributed by atoms with Crippen molar-refractivity contribution in [2.24, 2.45) is 4.99 Å². The predicted octanol–water partition coefficient (Wildman–Crippen LogP) is 9.53. The van der Waals surface area contributed by atoms with E-state index in [1.807, 2.05) is 0 Å². The summed E-state index contributed by atoms with van der Waals surface area (Å²) in [5, 5.41) is 15.5. The maximum atomic E-state index is 5.24. The van der Waals surface area contributed by atoms with E-state index in [1.54, 1.807) is 0 Å². The topological polar surface area (TPSA) is 29.3 Å². The van der Waals surface area contributed by atoms with E-state index < -0.39 is 7.92 Å².